The maximum absolute atomic E-state index is 12.6. The molecular weight excluding hydrogens is 334 g/mol. The van der Waals surface area contributed by atoms with Gasteiger partial charge in [-0.15, -0.1) is 16.4 Å². The third kappa shape index (κ3) is 3.17. The predicted octanol–water partition coefficient (Wildman–Crippen LogP) is 3.64. The quantitative estimate of drug-likeness (QED) is 0.612. The van der Waals surface area contributed by atoms with Gasteiger partial charge in [0.25, 0.3) is 5.91 Å². The van der Waals surface area contributed by atoms with Gasteiger partial charge in [0, 0.05) is 11.3 Å². The summed E-state index contributed by atoms with van der Waals surface area (Å²) >= 11 is 1.43. The van der Waals surface area contributed by atoms with E-state index in [1.807, 2.05) is 66.0 Å². The van der Waals surface area contributed by atoms with Crippen LogP contribution in [0.3, 0.4) is 0 Å². The summed E-state index contributed by atoms with van der Waals surface area (Å²) in [5.74, 6) is -0.121. The van der Waals surface area contributed by atoms with E-state index in [1.165, 1.54) is 17.7 Å². The van der Waals surface area contributed by atoms with Crippen molar-refractivity contribution in [3.63, 3.8) is 0 Å². The molecule has 122 valence electrons. The minimum atomic E-state index is -0.121. The Labute approximate surface area is 147 Å². The summed E-state index contributed by atoms with van der Waals surface area (Å²) in [5, 5.41) is 15.9. The van der Waals surface area contributed by atoms with Crippen LogP contribution in [-0.4, -0.2) is 26.1 Å². The number of rotatable bonds is 4. The van der Waals surface area contributed by atoms with Crippen molar-refractivity contribution in [3.8, 4) is 16.8 Å². The lowest BCUT2D eigenvalue weighted by atomic mass is 10.1. The van der Waals surface area contributed by atoms with Gasteiger partial charge in [-0.05, 0) is 51.7 Å². The Bertz CT molecular complexity index is 978. The van der Waals surface area contributed by atoms with Gasteiger partial charge in [-0.25, -0.2) is 4.68 Å². The number of amides is 1. The number of tetrazole rings is 1. The van der Waals surface area contributed by atoms with Gasteiger partial charge >= 0.3 is 0 Å². The summed E-state index contributed by atoms with van der Waals surface area (Å²) in [7, 11) is 0. The second-order valence-corrected chi connectivity index (χ2v) is 6.20. The van der Waals surface area contributed by atoms with Crippen LogP contribution in [0.25, 0.3) is 16.8 Å². The summed E-state index contributed by atoms with van der Waals surface area (Å²) in [6.07, 6.45) is 1.52. The topological polar surface area (TPSA) is 72.7 Å². The molecule has 2 heterocycles. The number of hydrogen-bond donors (Lipinski definition) is 1. The molecule has 0 aliphatic carbocycles. The molecule has 0 saturated heterocycles. The number of benzene rings is 2. The molecule has 0 fully saturated rings. The van der Waals surface area contributed by atoms with Gasteiger partial charge in [0.15, 0.2) is 0 Å². The highest BCUT2D eigenvalue weighted by atomic mass is 32.1. The average Bonchev–Trinajstić information content (AvgIpc) is 3.35. The van der Waals surface area contributed by atoms with Crippen molar-refractivity contribution in [1.29, 1.82) is 0 Å². The van der Waals surface area contributed by atoms with Gasteiger partial charge < -0.3 is 5.32 Å². The smallest absolute Gasteiger partial charge is 0.266 e. The fraction of sp³-hybridized carbons (Fsp3) is 0. The first-order valence-electron chi connectivity index (χ1n) is 7.59. The van der Waals surface area contributed by atoms with Crippen molar-refractivity contribution in [3.05, 3.63) is 77.2 Å². The van der Waals surface area contributed by atoms with E-state index in [0.717, 1.165) is 16.8 Å². The van der Waals surface area contributed by atoms with Crippen LogP contribution in [0.2, 0.25) is 0 Å². The second kappa shape index (κ2) is 6.66. The van der Waals surface area contributed by atoms with E-state index in [-0.39, 0.29) is 5.91 Å². The number of carbonyl (C=O) groups is 1. The Morgan fingerprint density at radius 1 is 1.00 bits per heavy atom. The summed E-state index contributed by atoms with van der Waals surface area (Å²) < 4.78 is 1.55. The molecule has 7 heteroatoms. The van der Waals surface area contributed by atoms with Crippen LogP contribution < -0.4 is 5.32 Å². The first-order valence-corrected chi connectivity index (χ1v) is 8.47. The molecule has 0 saturated carbocycles. The zero-order chi connectivity index (χ0) is 17.1. The highest BCUT2D eigenvalue weighted by Gasteiger charge is 2.14. The Hall–Kier alpha value is -3.32. The molecule has 2 aromatic carbocycles. The van der Waals surface area contributed by atoms with E-state index in [4.69, 9.17) is 0 Å². The molecule has 0 unspecified atom stereocenters. The molecule has 1 N–H and O–H groups in total. The van der Waals surface area contributed by atoms with E-state index in [9.17, 15) is 4.79 Å². The first-order chi connectivity index (χ1) is 12.3. The summed E-state index contributed by atoms with van der Waals surface area (Å²) in [6, 6.07) is 19.2. The fourth-order valence-corrected chi connectivity index (χ4v) is 3.31. The summed E-state index contributed by atoms with van der Waals surface area (Å²) in [5.41, 5.74) is 3.51. The predicted molar refractivity (Wildman–Crippen MR) is 96.9 cm³/mol. The van der Waals surface area contributed by atoms with E-state index < -0.39 is 0 Å². The average molecular weight is 347 g/mol. The molecular formula is C18H13N5OS. The molecule has 1 amide bonds. The summed E-state index contributed by atoms with van der Waals surface area (Å²) in [4.78, 5) is 13.3. The maximum Gasteiger partial charge on any atom is 0.266 e. The van der Waals surface area contributed by atoms with Crippen molar-refractivity contribution in [2.75, 3.05) is 5.32 Å². The Balaban J connectivity index is 1.54. The molecule has 0 spiro atoms. The van der Waals surface area contributed by atoms with Crippen LogP contribution in [0.4, 0.5) is 5.69 Å². The number of nitrogens with one attached hydrogen (secondary N) is 1. The van der Waals surface area contributed by atoms with Crippen LogP contribution in [0.1, 0.15) is 9.67 Å². The Morgan fingerprint density at radius 3 is 2.52 bits per heavy atom. The third-order valence-electron chi connectivity index (χ3n) is 3.69. The van der Waals surface area contributed by atoms with Crippen molar-refractivity contribution < 1.29 is 4.79 Å². The highest BCUT2D eigenvalue weighted by Crippen LogP contribution is 2.29. The molecule has 2 aromatic heterocycles. The van der Waals surface area contributed by atoms with Crippen molar-refractivity contribution in [1.82, 2.24) is 20.2 Å². The number of thiophene rings is 1. The van der Waals surface area contributed by atoms with E-state index in [1.54, 1.807) is 4.68 Å². The minimum Gasteiger partial charge on any atom is -0.321 e. The molecule has 0 bridgehead atoms. The van der Waals surface area contributed by atoms with Crippen molar-refractivity contribution in [2.24, 2.45) is 0 Å². The van der Waals surface area contributed by atoms with Gasteiger partial charge in [0.05, 0.1) is 10.6 Å². The van der Waals surface area contributed by atoms with Gasteiger partial charge in [0.2, 0.25) is 0 Å². The molecule has 6 nitrogen and oxygen atoms in total. The van der Waals surface area contributed by atoms with Crippen LogP contribution in [0, 0.1) is 0 Å². The monoisotopic (exact) mass is 347 g/mol. The van der Waals surface area contributed by atoms with Crippen LogP contribution in [0.15, 0.2) is 72.4 Å². The number of nitrogens with zero attached hydrogens (tertiary/aromatic N) is 4. The van der Waals surface area contributed by atoms with Crippen LogP contribution in [-0.2, 0) is 0 Å². The SMILES string of the molecule is O=C(Nc1ccc(-n2cnnn2)cc1)c1sccc1-c1ccccc1. The van der Waals surface area contributed by atoms with Crippen molar-refractivity contribution >= 4 is 22.9 Å². The molecule has 0 radical (unpaired) electrons. The van der Waals surface area contributed by atoms with Crippen LogP contribution >= 0.6 is 11.3 Å². The van der Waals surface area contributed by atoms with Gasteiger partial charge in [-0.2, -0.15) is 0 Å². The first kappa shape index (κ1) is 15.2. The van der Waals surface area contributed by atoms with Crippen molar-refractivity contribution in [2.45, 2.75) is 0 Å². The number of carbonyl (C=O) groups excluding carboxylic acids is 1. The van der Waals surface area contributed by atoms with Gasteiger partial charge in [0.1, 0.15) is 6.33 Å². The zero-order valence-corrected chi connectivity index (χ0v) is 13.9. The number of anilines is 1. The zero-order valence-electron chi connectivity index (χ0n) is 13.0. The lowest BCUT2D eigenvalue weighted by molar-refractivity contribution is 0.103. The molecule has 0 aliphatic rings. The number of hydrogen-bond acceptors (Lipinski definition) is 5. The second-order valence-electron chi connectivity index (χ2n) is 5.28. The van der Waals surface area contributed by atoms with E-state index in [0.29, 0.717) is 10.6 Å². The molecule has 0 aliphatic heterocycles. The van der Waals surface area contributed by atoms with Crippen LogP contribution in [0.5, 0.6) is 0 Å². The fourth-order valence-electron chi connectivity index (χ4n) is 2.50. The maximum atomic E-state index is 12.6. The van der Waals surface area contributed by atoms with Gasteiger partial charge in [-0.1, -0.05) is 30.3 Å². The highest BCUT2D eigenvalue weighted by molar-refractivity contribution is 7.12. The lowest BCUT2D eigenvalue weighted by Gasteiger charge is -2.07. The largest absolute Gasteiger partial charge is 0.321 e. The molecule has 4 rings (SSSR count). The van der Waals surface area contributed by atoms with E-state index >= 15 is 0 Å². The molecule has 25 heavy (non-hydrogen) atoms. The Kier molecular flexibility index (Phi) is 4.05. The normalized spacial score (nSPS) is 10.6. The standard InChI is InChI=1S/C18H13N5OS/c24-18(17-16(10-11-25-17)13-4-2-1-3-5-13)20-14-6-8-15(9-7-14)23-12-19-21-22-23/h1-12H,(H,20,24). The number of aromatic nitrogens is 4. The molecule has 4 aromatic rings. The minimum absolute atomic E-state index is 0.121. The summed E-state index contributed by atoms with van der Waals surface area (Å²) in [6.45, 7) is 0. The Morgan fingerprint density at radius 2 is 1.80 bits per heavy atom. The van der Waals surface area contributed by atoms with E-state index in [2.05, 4.69) is 20.8 Å². The lowest BCUT2D eigenvalue weighted by Crippen LogP contribution is -2.11. The van der Waals surface area contributed by atoms with Gasteiger partial charge in [-0.3, -0.25) is 4.79 Å². The third-order valence-corrected chi connectivity index (χ3v) is 4.61. The molecule has 0 atom stereocenters.